The van der Waals surface area contributed by atoms with E-state index in [0.717, 1.165) is 34.7 Å². The van der Waals surface area contributed by atoms with Gasteiger partial charge < -0.3 is 16.4 Å². The fourth-order valence-corrected chi connectivity index (χ4v) is 3.22. The third kappa shape index (κ3) is 3.50. The van der Waals surface area contributed by atoms with Gasteiger partial charge in [-0.05, 0) is 25.8 Å². The van der Waals surface area contributed by atoms with E-state index in [-0.39, 0.29) is 18.1 Å². The van der Waals surface area contributed by atoms with Crippen molar-refractivity contribution < 1.29 is 9.59 Å². The summed E-state index contributed by atoms with van der Waals surface area (Å²) in [6.07, 6.45) is 0.867. The number of amides is 2. The average Bonchev–Trinajstić information content (AvgIpc) is 3.00. The van der Waals surface area contributed by atoms with Gasteiger partial charge in [0, 0.05) is 12.7 Å². The van der Waals surface area contributed by atoms with Crippen LogP contribution in [0.3, 0.4) is 0 Å². The smallest absolute Gasteiger partial charge is 0.270 e. The first-order valence-corrected chi connectivity index (χ1v) is 8.00. The third-order valence-electron chi connectivity index (χ3n) is 3.51. The molecule has 0 saturated heterocycles. The predicted molar refractivity (Wildman–Crippen MR) is 89.9 cm³/mol. The van der Waals surface area contributed by atoms with Crippen LogP contribution in [-0.4, -0.2) is 33.6 Å². The van der Waals surface area contributed by atoms with Crippen molar-refractivity contribution in [3.8, 4) is 0 Å². The number of primary amides is 1. The van der Waals surface area contributed by atoms with Gasteiger partial charge in [0.2, 0.25) is 5.91 Å². The largest absolute Gasteiger partial charge is 0.365 e. The van der Waals surface area contributed by atoms with E-state index in [1.807, 2.05) is 13.8 Å². The van der Waals surface area contributed by atoms with Crippen LogP contribution < -0.4 is 16.4 Å². The van der Waals surface area contributed by atoms with Gasteiger partial charge in [0.1, 0.15) is 11.5 Å². The van der Waals surface area contributed by atoms with Crippen LogP contribution in [0.5, 0.6) is 0 Å². The van der Waals surface area contributed by atoms with Crippen molar-refractivity contribution in [3.05, 3.63) is 22.6 Å². The van der Waals surface area contributed by atoms with Gasteiger partial charge in [-0.1, -0.05) is 18.3 Å². The SMILES string of the molecule is CCc1c(C)nn(CC(=O)Nc2sc(NC)nc2C(N)=O)c1C. The molecule has 8 nitrogen and oxygen atoms in total. The third-order valence-corrected chi connectivity index (χ3v) is 4.49. The second kappa shape index (κ2) is 6.78. The molecule has 0 bridgehead atoms. The molecule has 0 radical (unpaired) electrons. The van der Waals surface area contributed by atoms with Crippen LogP contribution in [-0.2, 0) is 17.8 Å². The highest BCUT2D eigenvalue weighted by Gasteiger charge is 2.19. The zero-order chi connectivity index (χ0) is 17.1. The lowest BCUT2D eigenvalue weighted by Gasteiger charge is -2.06. The molecular weight excluding hydrogens is 316 g/mol. The van der Waals surface area contributed by atoms with Crippen LogP contribution in [0, 0.1) is 13.8 Å². The molecule has 0 saturated carbocycles. The van der Waals surface area contributed by atoms with Gasteiger partial charge >= 0.3 is 0 Å². The van der Waals surface area contributed by atoms with Crippen LogP contribution >= 0.6 is 11.3 Å². The zero-order valence-electron chi connectivity index (χ0n) is 13.6. The molecule has 0 fully saturated rings. The maximum absolute atomic E-state index is 12.2. The number of rotatable bonds is 6. The summed E-state index contributed by atoms with van der Waals surface area (Å²) in [6.45, 7) is 5.98. The van der Waals surface area contributed by atoms with Crippen molar-refractivity contribution in [2.75, 3.05) is 17.7 Å². The molecule has 2 heterocycles. The van der Waals surface area contributed by atoms with Gasteiger partial charge in [-0.15, -0.1) is 0 Å². The summed E-state index contributed by atoms with van der Waals surface area (Å²) in [4.78, 5) is 27.7. The van der Waals surface area contributed by atoms with E-state index in [1.54, 1.807) is 11.7 Å². The highest BCUT2D eigenvalue weighted by Crippen LogP contribution is 2.28. The number of anilines is 2. The number of nitrogens with one attached hydrogen (secondary N) is 2. The lowest BCUT2D eigenvalue weighted by atomic mass is 10.1. The fraction of sp³-hybridized carbons (Fsp3) is 0.429. The standard InChI is InChI=1S/C14H20N6O2S/c1-5-9-7(2)19-20(8(9)3)6-10(21)17-13-11(12(15)22)18-14(16-4)23-13/h5-6H2,1-4H3,(H2,15,22)(H,16,18)(H,17,21). The van der Waals surface area contributed by atoms with Crippen molar-refractivity contribution >= 4 is 33.3 Å². The lowest BCUT2D eigenvalue weighted by molar-refractivity contribution is -0.116. The van der Waals surface area contributed by atoms with Crippen molar-refractivity contribution in [1.82, 2.24) is 14.8 Å². The highest BCUT2D eigenvalue weighted by molar-refractivity contribution is 7.20. The molecular formula is C14H20N6O2S. The summed E-state index contributed by atoms with van der Waals surface area (Å²) >= 11 is 1.16. The van der Waals surface area contributed by atoms with Crippen molar-refractivity contribution in [2.24, 2.45) is 5.73 Å². The minimum atomic E-state index is -0.683. The maximum atomic E-state index is 12.2. The normalized spacial score (nSPS) is 10.6. The minimum Gasteiger partial charge on any atom is -0.365 e. The Kier molecular flexibility index (Phi) is 4.99. The molecule has 2 amide bonds. The Morgan fingerprint density at radius 1 is 1.35 bits per heavy atom. The molecule has 2 rings (SSSR count). The van der Waals surface area contributed by atoms with Crippen molar-refractivity contribution in [2.45, 2.75) is 33.7 Å². The number of nitrogens with zero attached hydrogens (tertiary/aromatic N) is 3. The van der Waals surface area contributed by atoms with E-state index in [0.29, 0.717) is 10.1 Å². The summed E-state index contributed by atoms with van der Waals surface area (Å²) in [7, 11) is 1.68. The quantitative estimate of drug-likeness (QED) is 0.735. The monoisotopic (exact) mass is 336 g/mol. The average molecular weight is 336 g/mol. The second-order valence-electron chi connectivity index (χ2n) is 5.02. The molecule has 4 N–H and O–H groups in total. The minimum absolute atomic E-state index is 0.0512. The first kappa shape index (κ1) is 16.9. The van der Waals surface area contributed by atoms with Gasteiger partial charge in [0.25, 0.3) is 5.91 Å². The van der Waals surface area contributed by atoms with E-state index in [1.165, 1.54) is 0 Å². The lowest BCUT2D eigenvalue weighted by Crippen LogP contribution is -2.22. The Balaban J connectivity index is 2.17. The molecule has 0 aliphatic heterocycles. The van der Waals surface area contributed by atoms with E-state index >= 15 is 0 Å². The van der Waals surface area contributed by atoms with Gasteiger partial charge in [0.15, 0.2) is 10.8 Å². The molecule has 0 atom stereocenters. The van der Waals surface area contributed by atoms with Crippen molar-refractivity contribution in [3.63, 3.8) is 0 Å². The Bertz CT molecular complexity index is 749. The van der Waals surface area contributed by atoms with E-state index < -0.39 is 5.91 Å². The molecule has 0 aliphatic carbocycles. The van der Waals surface area contributed by atoms with E-state index in [4.69, 9.17) is 5.73 Å². The van der Waals surface area contributed by atoms with E-state index in [2.05, 4.69) is 27.6 Å². The highest BCUT2D eigenvalue weighted by atomic mass is 32.1. The molecule has 2 aromatic heterocycles. The number of carbonyl (C=O) groups is 2. The number of thiazole rings is 1. The zero-order valence-corrected chi connectivity index (χ0v) is 14.4. The van der Waals surface area contributed by atoms with Crippen LogP contribution in [0.1, 0.15) is 34.4 Å². The summed E-state index contributed by atoms with van der Waals surface area (Å²) in [5, 5.41) is 10.7. The molecule has 0 spiro atoms. The first-order chi connectivity index (χ1) is 10.9. The number of carbonyl (C=O) groups excluding carboxylic acids is 2. The van der Waals surface area contributed by atoms with Gasteiger partial charge in [0.05, 0.1) is 5.69 Å². The Hall–Kier alpha value is -2.42. The Morgan fingerprint density at radius 3 is 2.57 bits per heavy atom. The number of hydrogen-bond donors (Lipinski definition) is 3. The van der Waals surface area contributed by atoms with Crippen molar-refractivity contribution in [1.29, 1.82) is 0 Å². The topological polar surface area (TPSA) is 115 Å². The molecule has 0 aromatic carbocycles. The summed E-state index contributed by atoms with van der Waals surface area (Å²) in [5.74, 6) is -0.968. The number of aromatic nitrogens is 3. The molecule has 9 heteroatoms. The Morgan fingerprint density at radius 2 is 2.04 bits per heavy atom. The molecule has 0 aliphatic rings. The molecule has 124 valence electrons. The molecule has 2 aromatic rings. The van der Waals surface area contributed by atoms with Crippen LogP contribution in [0.4, 0.5) is 10.1 Å². The van der Waals surface area contributed by atoms with Crippen LogP contribution in [0.2, 0.25) is 0 Å². The second-order valence-corrected chi connectivity index (χ2v) is 6.02. The Labute approximate surface area is 138 Å². The van der Waals surface area contributed by atoms with Crippen LogP contribution in [0.15, 0.2) is 0 Å². The number of hydrogen-bond acceptors (Lipinski definition) is 6. The summed E-state index contributed by atoms with van der Waals surface area (Å²) in [6, 6.07) is 0. The van der Waals surface area contributed by atoms with Gasteiger partial charge in [-0.2, -0.15) is 5.10 Å². The first-order valence-electron chi connectivity index (χ1n) is 7.18. The summed E-state index contributed by atoms with van der Waals surface area (Å²) in [5.41, 5.74) is 8.37. The summed E-state index contributed by atoms with van der Waals surface area (Å²) < 4.78 is 1.66. The van der Waals surface area contributed by atoms with Gasteiger partial charge in [-0.3, -0.25) is 14.3 Å². The van der Waals surface area contributed by atoms with Gasteiger partial charge in [-0.25, -0.2) is 4.98 Å². The number of aryl methyl sites for hydroxylation is 1. The van der Waals surface area contributed by atoms with Crippen LogP contribution in [0.25, 0.3) is 0 Å². The predicted octanol–water partition coefficient (Wildman–Crippen LogP) is 1.30. The van der Waals surface area contributed by atoms with E-state index in [9.17, 15) is 9.59 Å². The maximum Gasteiger partial charge on any atom is 0.270 e. The molecule has 23 heavy (non-hydrogen) atoms. The molecule has 0 unspecified atom stereocenters. The fourth-order valence-electron chi connectivity index (χ4n) is 2.38. The number of nitrogens with two attached hydrogens (primary N) is 1.